The highest BCUT2D eigenvalue weighted by Crippen LogP contribution is 2.29. The summed E-state index contributed by atoms with van der Waals surface area (Å²) in [6.45, 7) is 5.97. The maximum atomic E-state index is 12.5. The molecule has 0 radical (unpaired) electrons. The standard InChI is InChI=1S/C20H19N3OS/c1-20(2,3)12-17(24)15(13-21)11-16-18(14-7-5-4-6-8-14)22-19-23(16)9-10-25-19/h4-11H,12H2,1-3H3/b15-11-. The number of thiazole rings is 1. The van der Waals surface area contributed by atoms with Crippen molar-refractivity contribution in [1.29, 1.82) is 5.26 Å². The third kappa shape index (κ3) is 3.70. The molecule has 1 aromatic carbocycles. The number of carbonyl (C=O) groups excluding carboxylic acids is 1. The largest absolute Gasteiger partial charge is 0.293 e. The Hall–Kier alpha value is -2.71. The number of ketones is 1. The number of nitrogens with zero attached hydrogens (tertiary/aromatic N) is 3. The number of nitriles is 1. The van der Waals surface area contributed by atoms with Gasteiger partial charge in [0.05, 0.1) is 17.0 Å². The van der Waals surface area contributed by atoms with Crippen LogP contribution in [0.15, 0.2) is 47.5 Å². The van der Waals surface area contributed by atoms with Gasteiger partial charge in [-0.3, -0.25) is 9.20 Å². The Kier molecular flexibility index (Phi) is 4.56. The summed E-state index contributed by atoms with van der Waals surface area (Å²) in [5.74, 6) is -0.140. The molecule has 3 rings (SSSR count). The molecule has 2 heterocycles. The summed E-state index contributed by atoms with van der Waals surface area (Å²) in [4.78, 5) is 18.0. The Balaban J connectivity index is 2.12. The molecule has 25 heavy (non-hydrogen) atoms. The van der Waals surface area contributed by atoms with Gasteiger partial charge in [0.25, 0.3) is 0 Å². The van der Waals surface area contributed by atoms with Gasteiger partial charge in [-0.1, -0.05) is 51.1 Å². The van der Waals surface area contributed by atoms with E-state index in [1.807, 2.05) is 67.1 Å². The van der Waals surface area contributed by atoms with Crippen molar-refractivity contribution >= 4 is 28.2 Å². The lowest BCUT2D eigenvalue weighted by Crippen LogP contribution is -2.14. The molecule has 0 atom stereocenters. The Bertz CT molecular complexity index is 982. The number of aromatic nitrogens is 2. The number of Topliss-reactive ketones (excluding diaryl/α,β-unsaturated/α-hetero) is 1. The first-order chi connectivity index (χ1) is 11.9. The topological polar surface area (TPSA) is 58.2 Å². The van der Waals surface area contributed by atoms with Gasteiger partial charge in [0.1, 0.15) is 6.07 Å². The fourth-order valence-corrected chi connectivity index (χ4v) is 3.36. The van der Waals surface area contributed by atoms with Gasteiger partial charge in [0, 0.05) is 23.6 Å². The highest BCUT2D eigenvalue weighted by molar-refractivity contribution is 7.15. The van der Waals surface area contributed by atoms with Crippen LogP contribution in [-0.4, -0.2) is 15.2 Å². The average molecular weight is 349 g/mol. The number of hydrogen-bond donors (Lipinski definition) is 0. The van der Waals surface area contributed by atoms with Crippen LogP contribution in [0.2, 0.25) is 0 Å². The van der Waals surface area contributed by atoms with Crippen LogP contribution in [0.1, 0.15) is 32.9 Å². The van der Waals surface area contributed by atoms with Gasteiger partial charge < -0.3 is 0 Å². The van der Waals surface area contributed by atoms with Gasteiger partial charge in [-0.25, -0.2) is 4.98 Å². The van der Waals surface area contributed by atoms with Crippen molar-refractivity contribution in [2.45, 2.75) is 27.2 Å². The van der Waals surface area contributed by atoms with Crippen LogP contribution in [0, 0.1) is 16.7 Å². The summed E-state index contributed by atoms with van der Waals surface area (Å²) in [6, 6.07) is 11.9. The van der Waals surface area contributed by atoms with E-state index < -0.39 is 0 Å². The van der Waals surface area contributed by atoms with Gasteiger partial charge in [-0.05, 0) is 11.5 Å². The molecule has 5 heteroatoms. The predicted octanol–water partition coefficient (Wildman–Crippen LogP) is 4.98. The molecular weight excluding hydrogens is 330 g/mol. The molecule has 0 amide bonds. The molecule has 0 N–H and O–H groups in total. The minimum Gasteiger partial charge on any atom is -0.293 e. The van der Waals surface area contributed by atoms with Gasteiger partial charge in [0.15, 0.2) is 10.7 Å². The lowest BCUT2D eigenvalue weighted by Gasteiger charge is -2.16. The van der Waals surface area contributed by atoms with Gasteiger partial charge >= 0.3 is 0 Å². The van der Waals surface area contributed by atoms with E-state index in [0.29, 0.717) is 6.42 Å². The first-order valence-electron chi connectivity index (χ1n) is 8.05. The SMILES string of the molecule is CC(C)(C)CC(=O)/C(C#N)=C\c1c(-c2ccccc2)nc2sccn12. The summed E-state index contributed by atoms with van der Waals surface area (Å²) < 4.78 is 1.93. The van der Waals surface area contributed by atoms with E-state index in [0.717, 1.165) is 21.9 Å². The molecule has 0 aliphatic rings. The molecule has 0 bridgehead atoms. The van der Waals surface area contributed by atoms with Gasteiger partial charge in [0.2, 0.25) is 0 Å². The van der Waals surface area contributed by atoms with E-state index in [9.17, 15) is 10.1 Å². The average Bonchev–Trinajstić information content (AvgIpc) is 3.13. The second kappa shape index (κ2) is 6.66. The molecule has 0 spiro atoms. The van der Waals surface area contributed by atoms with Crippen LogP contribution in [0.5, 0.6) is 0 Å². The lowest BCUT2D eigenvalue weighted by molar-refractivity contribution is -0.116. The Morgan fingerprint density at radius 3 is 2.68 bits per heavy atom. The van der Waals surface area contributed by atoms with Gasteiger partial charge in [-0.2, -0.15) is 5.26 Å². The van der Waals surface area contributed by atoms with Crippen molar-refractivity contribution in [3.63, 3.8) is 0 Å². The van der Waals surface area contributed by atoms with Crippen LogP contribution in [0.4, 0.5) is 0 Å². The zero-order valence-corrected chi connectivity index (χ0v) is 15.3. The summed E-state index contributed by atoms with van der Waals surface area (Å²) in [6.07, 6.45) is 3.91. The minimum absolute atomic E-state index is 0.140. The van der Waals surface area contributed by atoms with Crippen LogP contribution < -0.4 is 0 Å². The first-order valence-corrected chi connectivity index (χ1v) is 8.93. The zero-order chi connectivity index (χ0) is 18.0. The fraction of sp³-hybridized carbons (Fsp3) is 0.250. The van der Waals surface area contributed by atoms with Crippen molar-refractivity contribution in [2.75, 3.05) is 0 Å². The highest BCUT2D eigenvalue weighted by atomic mass is 32.1. The number of fused-ring (bicyclic) bond motifs is 1. The van der Waals surface area contributed by atoms with E-state index in [4.69, 9.17) is 0 Å². The van der Waals surface area contributed by atoms with E-state index in [2.05, 4.69) is 11.1 Å². The second-order valence-corrected chi connectivity index (χ2v) is 7.97. The summed E-state index contributed by atoms with van der Waals surface area (Å²) >= 11 is 1.52. The molecule has 0 aliphatic heterocycles. The number of hydrogen-bond acceptors (Lipinski definition) is 4. The van der Waals surface area contributed by atoms with Crippen LogP contribution in [0.25, 0.3) is 22.3 Å². The smallest absolute Gasteiger partial charge is 0.194 e. The minimum atomic E-state index is -0.162. The van der Waals surface area contributed by atoms with Crippen molar-refractivity contribution in [3.05, 3.63) is 53.2 Å². The van der Waals surface area contributed by atoms with E-state index in [-0.39, 0.29) is 16.8 Å². The number of carbonyl (C=O) groups is 1. The Labute approximate surface area is 151 Å². The third-order valence-corrected chi connectivity index (χ3v) is 4.50. The number of benzene rings is 1. The maximum absolute atomic E-state index is 12.5. The van der Waals surface area contributed by atoms with E-state index in [1.54, 1.807) is 6.08 Å². The molecule has 126 valence electrons. The number of imidazole rings is 1. The Morgan fingerprint density at radius 2 is 2.04 bits per heavy atom. The van der Waals surface area contributed by atoms with E-state index in [1.165, 1.54) is 11.3 Å². The monoisotopic (exact) mass is 349 g/mol. The molecule has 0 unspecified atom stereocenters. The van der Waals surface area contributed by atoms with E-state index >= 15 is 0 Å². The predicted molar refractivity (Wildman–Crippen MR) is 101 cm³/mol. The molecule has 0 aliphatic carbocycles. The molecule has 3 aromatic rings. The maximum Gasteiger partial charge on any atom is 0.194 e. The molecular formula is C20H19N3OS. The Morgan fingerprint density at radius 1 is 1.32 bits per heavy atom. The lowest BCUT2D eigenvalue weighted by atomic mass is 9.87. The molecule has 4 nitrogen and oxygen atoms in total. The highest BCUT2D eigenvalue weighted by Gasteiger charge is 2.21. The van der Waals surface area contributed by atoms with Crippen LogP contribution >= 0.6 is 11.3 Å². The van der Waals surface area contributed by atoms with Crippen molar-refractivity contribution in [3.8, 4) is 17.3 Å². The van der Waals surface area contributed by atoms with Crippen molar-refractivity contribution in [2.24, 2.45) is 5.41 Å². The summed E-state index contributed by atoms with van der Waals surface area (Å²) in [5, 5.41) is 11.5. The summed E-state index contributed by atoms with van der Waals surface area (Å²) in [7, 11) is 0. The normalized spacial score (nSPS) is 12.3. The van der Waals surface area contributed by atoms with Crippen LogP contribution in [0.3, 0.4) is 0 Å². The quantitative estimate of drug-likeness (QED) is 0.493. The molecule has 0 fully saturated rings. The van der Waals surface area contributed by atoms with Crippen LogP contribution in [-0.2, 0) is 4.79 Å². The second-order valence-electron chi connectivity index (χ2n) is 7.10. The van der Waals surface area contributed by atoms with Crippen molar-refractivity contribution < 1.29 is 4.79 Å². The zero-order valence-electron chi connectivity index (χ0n) is 14.5. The molecule has 0 saturated carbocycles. The molecule has 2 aromatic heterocycles. The van der Waals surface area contributed by atoms with Crippen molar-refractivity contribution in [1.82, 2.24) is 9.38 Å². The summed E-state index contributed by atoms with van der Waals surface area (Å²) in [5.41, 5.74) is 2.51. The number of allylic oxidation sites excluding steroid dienone is 1. The first kappa shape index (κ1) is 17.1. The van der Waals surface area contributed by atoms with Gasteiger partial charge in [-0.15, -0.1) is 11.3 Å². The molecule has 0 saturated heterocycles. The third-order valence-electron chi connectivity index (χ3n) is 3.74. The number of rotatable bonds is 4. The fourth-order valence-electron chi connectivity index (χ4n) is 2.64.